The van der Waals surface area contributed by atoms with Crippen LogP contribution in [0.4, 0.5) is 0 Å². The summed E-state index contributed by atoms with van der Waals surface area (Å²) in [7, 11) is 0. The number of nitrogens with one attached hydrogen (secondary N) is 1. The Morgan fingerprint density at radius 3 is 2.74 bits per heavy atom. The third kappa shape index (κ3) is 5.05. The fourth-order valence-electron chi connectivity index (χ4n) is 3.92. The maximum atomic E-state index is 11.7. The smallest absolute Gasteiger partial charge is 0.219 e. The lowest BCUT2D eigenvalue weighted by Crippen LogP contribution is -2.24. The van der Waals surface area contributed by atoms with Gasteiger partial charge in [0.2, 0.25) is 5.91 Å². The number of hydrogen-bond donors (Lipinski definition) is 1. The SMILES string of the molecule is CCCC(=O)NCCCc1nc2ccccc2n1CCOc1cccc2ccccc12. The molecule has 31 heavy (non-hydrogen) atoms. The summed E-state index contributed by atoms with van der Waals surface area (Å²) in [5, 5.41) is 5.30. The molecular formula is C26H29N3O2. The minimum atomic E-state index is 0.125. The Morgan fingerprint density at radius 1 is 1.03 bits per heavy atom. The quantitative estimate of drug-likeness (QED) is 0.366. The van der Waals surface area contributed by atoms with Crippen LogP contribution >= 0.6 is 0 Å². The molecule has 0 aliphatic carbocycles. The van der Waals surface area contributed by atoms with Gasteiger partial charge in [-0.1, -0.05) is 55.5 Å². The minimum Gasteiger partial charge on any atom is -0.491 e. The fraction of sp³-hybridized carbons (Fsp3) is 0.308. The second kappa shape index (κ2) is 10.1. The lowest BCUT2D eigenvalue weighted by Gasteiger charge is -2.12. The number of nitrogens with zero attached hydrogens (tertiary/aromatic N) is 2. The van der Waals surface area contributed by atoms with E-state index in [4.69, 9.17) is 9.72 Å². The van der Waals surface area contributed by atoms with Crippen LogP contribution in [-0.2, 0) is 17.8 Å². The van der Waals surface area contributed by atoms with Crippen LogP contribution in [0, 0.1) is 0 Å². The van der Waals surface area contributed by atoms with E-state index in [1.165, 1.54) is 5.39 Å². The van der Waals surface area contributed by atoms with Crippen LogP contribution in [0.5, 0.6) is 5.75 Å². The number of hydrogen-bond acceptors (Lipinski definition) is 3. The molecule has 0 aliphatic rings. The fourth-order valence-corrected chi connectivity index (χ4v) is 3.92. The molecule has 5 nitrogen and oxygen atoms in total. The molecule has 0 saturated heterocycles. The van der Waals surface area contributed by atoms with Crippen LogP contribution in [0.15, 0.2) is 66.7 Å². The second-order valence-electron chi connectivity index (χ2n) is 7.70. The molecule has 0 bridgehead atoms. The summed E-state index contributed by atoms with van der Waals surface area (Å²) in [6.45, 7) is 3.98. The molecule has 5 heteroatoms. The number of aryl methyl sites for hydroxylation is 1. The van der Waals surface area contributed by atoms with Crippen LogP contribution in [0.3, 0.4) is 0 Å². The van der Waals surface area contributed by atoms with E-state index in [2.05, 4.69) is 34.1 Å². The Labute approximate surface area is 183 Å². The van der Waals surface area contributed by atoms with Gasteiger partial charge in [0.25, 0.3) is 0 Å². The van der Waals surface area contributed by atoms with Crippen LogP contribution in [0.25, 0.3) is 21.8 Å². The van der Waals surface area contributed by atoms with Crippen molar-refractivity contribution in [1.29, 1.82) is 0 Å². The summed E-state index contributed by atoms with van der Waals surface area (Å²) < 4.78 is 8.42. The van der Waals surface area contributed by atoms with Crippen molar-refractivity contribution >= 4 is 27.7 Å². The Kier molecular flexibility index (Phi) is 6.82. The van der Waals surface area contributed by atoms with E-state index in [0.29, 0.717) is 19.6 Å². The molecule has 4 rings (SSSR count). The van der Waals surface area contributed by atoms with Gasteiger partial charge in [0.15, 0.2) is 0 Å². The summed E-state index contributed by atoms with van der Waals surface area (Å²) in [5.74, 6) is 2.06. The van der Waals surface area contributed by atoms with Crippen molar-refractivity contribution in [3.8, 4) is 5.75 Å². The van der Waals surface area contributed by atoms with E-state index in [0.717, 1.165) is 53.8 Å². The summed E-state index contributed by atoms with van der Waals surface area (Å²) in [6, 6.07) is 22.6. The summed E-state index contributed by atoms with van der Waals surface area (Å²) in [6.07, 6.45) is 3.14. The molecule has 3 aromatic carbocycles. The Morgan fingerprint density at radius 2 is 1.84 bits per heavy atom. The maximum Gasteiger partial charge on any atom is 0.219 e. The first-order chi connectivity index (χ1) is 15.3. The van der Waals surface area contributed by atoms with E-state index < -0.39 is 0 Å². The number of para-hydroxylation sites is 2. The molecule has 4 aromatic rings. The zero-order chi connectivity index (χ0) is 21.5. The zero-order valence-electron chi connectivity index (χ0n) is 18.0. The van der Waals surface area contributed by atoms with E-state index in [-0.39, 0.29) is 5.91 Å². The average molecular weight is 416 g/mol. The van der Waals surface area contributed by atoms with Crippen LogP contribution in [0.1, 0.15) is 32.0 Å². The topological polar surface area (TPSA) is 56.2 Å². The Hall–Kier alpha value is -3.34. The molecule has 160 valence electrons. The number of amides is 1. The Bertz CT molecular complexity index is 1160. The molecule has 0 aliphatic heterocycles. The number of aromatic nitrogens is 2. The molecule has 0 fully saturated rings. The zero-order valence-corrected chi connectivity index (χ0v) is 18.0. The number of rotatable bonds is 10. The van der Waals surface area contributed by atoms with Gasteiger partial charge in [-0.3, -0.25) is 4.79 Å². The van der Waals surface area contributed by atoms with Gasteiger partial charge >= 0.3 is 0 Å². The minimum absolute atomic E-state index is 0.125. The predicted molar refractivity (Wildman–Crippen MR) is 125 cm³/mol. The van der Waals surface area contributed by atoms with Crippen molar-refractivity contribution in [2.24, 2.45) is 0 Å². The van der Waals surface area contributed by atoms with Gasteiger partial charge < -0.3 is 14.6 Å². The van der Waals surface area contributed by atoms with Gasteiger partial charge in [-0.05, 0) is 36.4 Å². The van der Waals surface area contributed by atoms with E-state index >= 15 is 0 Å². The number of carbonyl (C=O) groups is 1. The number of ether oxygens (including phenoxy) is 1. The highest BCUT2D eigenvalue weighted by atomic mass is 16.5. The summed E-state index contributed by atoms with van der Waals surface area (Å²) in [5.41, 5.74) is 2.12. The van der Waals surface area contributed by atoms with Gasteiger partial charge in [-0.25, -0.2) is 4.98 Å². The van der Waals surface area contributed by atoms with Crippen molar-refractivity contribution in [3.63, 3.8) is 0 Å². The van der Waals surface area contributed by atoms with Gasteiger partial charge in [-0.15, -0.1) is 0 Å². The highest BCUT2D eigenvalue weighted by Crippen LogP contribution is 2.25. The molecule has 0 saturated carbocycles. The van der Waals surface area contributed by atoms with Gasteiger partial charge in [-0.2, -0.15) is 0 Å². The monoisotopic (exact) mass is 415 g/mol. The van der Waals surface area contributed by atoms with Gasteiger partial charge in [0.1, 0.15) is 18.2 Å². The first-order valence-electron chi connectivity index (χ1n) is 11.1. The van der Waals surface area contributed by atoms with E-state index in [9.17, 15) is 4.79 Å². The molecule has 0 unspecified atom stereocenters. The van der Waals surface area contributed by atoms with Gasteiger partial charge in [0.05, 0.1) is 17.6 Å². The van der Waals surface area contributed by atoms with Crippen molar-refractivity contribution in [3.05, 3.63) is 72.6 Å². The predicted octanol–water partition coefficient (Wildman–Crippen LogP) is 5.12. The molecule has 1 amide bonds. The summed E-state index contributed by atoms with van der Waals surface area (Å²) in [4.78, 5) is 16.5. The molecule has 0 atom stereocenters. The lowest BCUT2D eigenvalue weighted by molar-refractivity contribution is -0.121. The number of carbonyl (C=O) groups excluding carboxylic acids is 1. The van der Waals surface area contributed by atoms with E-state index in [1.54, 1.807) is 0 Å². The van der Waals surface area contributed by atoms with Crippen LogP contribution in [0.2, 0.25) is 0 Å². The van der Waals surface area contributed by atoms with Crippen molar-refractivity contribution in [2.45, 2.75) is 39.2 Å². The molecule has 0 spiro atoms. The normalized spacial score (nSPS) is 11.1. The molecule has 1 N–H and O–H groups in total. The first-order valence-corrected chi connectivity index (χ1v) is 11.1. The molecule has 1 heterocycles. The third-order valence-electron chi connectivity index (χ3n) is 5.43. The third-order valence-corrected chi connectivity index (χ3v) is 5.43. The number of fused-ring (bicyclic) bond motifs is 2. The van der Waals surface area contributed by atoms with Gasteiger partial charge in [0, 0.05) is 24.8 Å². The highest BCUT2D eigenvalue weighted by Gasteiger charge is 2.11. The molecular weight excluding hydrogens is 386 g/mol. The number of benzene rings is 3. The summed E-state index contributed by atoms with van der Waals surface area (Å²) >= 11 is 0. The van der Waals surface area contributed by atoms with Crippen molar-refractivity contribution < 1.29 is 9.53 Å². The second-order valence-corrected chi connectivity index (χ2v) is 7.70. The van der Waals surface area contributed by atoms with E-state index in [1.807, 2.05) is 49.4 Å². The number of imidazole rings is 1. The maximum absolute atomic E-state index is 11.7. The molecule has 1 aromatic heterocycles. The largest absolute Gasteiger partial charge is 0.491 e. The molecule has 0 radical (unpaired) electrons. The lowest BCUT2D eigenvalue weighted by atomic mass is 10.1. The first kappa shape index (κ1) is 20.9. The van der Waals surface area contributed by atoms with Crippen molar-refractivity contribution in [2.75, 3.05) is 13.2 Å². The van der Waals surface area contributed by atoms with Crippen LogP contribution in [-0.4, -0.2) is 28.6 Å². The standard InChI is InChI=1S/C26H29N3O2/c1-2-9-26(30)27-17-8-16-25-28-22-13-5-6-14-23(22)29(25)18-19-31-24-15-7-11-20-10-3-4-12-21(20)24/h3-7,10-15H,2,8-9,16-19H2,1H3,(H,27,30). The van der Waals surface area contributed by atoms with Crippen LogP contribution < -0.4 is 10.1 Å². The highest BCUT2D eigenvalue weighted by molar-refractivity contribution is 5.88. The Balaban J connectivity index is 1.43. The average Bonchev–Trinajstić information content (AvgIpc) is 3.14. The van der Waals surface area contributed by atoms with Crippen molar-refractivity contribution in [1.82, 2.24) is 14.9 Å².